The zero-order chi connectivity index (χ0) is 31.3. The van der Waals surface area contributed by atoms with Crippen molar-refractivity contribution in [1.82, 2.24) is 20.6 Å². The number of halogens is 1. The van der Waals surface area contributed by atoms with Crippen LogP contribution in [0, 0.1) is 17.7 Å². The minimum atomic E-state index is -3.94. The Morgan fingerprint density at radius 2 is 1.93 bits per heavy atom. The highest BCUT2D eigenvalue weighted by molar-refractivity contribution is 7.87. The van der Waals surface area contributed by atoms with Gasteiger partial charge in [0.2, 0.25) is 11.8 Å². The second kappa shape index (κ2) is 11.5. The van der Waals surface area contributed by atoms with Gasteiger partial charge in [-0.2, -0.15) is 18.2 Å². The molecular weight excluding hydrogens is 587 g/mol. The summed E-state index contributed by atoms with van der Waals surface area (Å²) in [7, 11) is -3.94. The van der Waals surface area contributed by atoms with Crippen LogP contribution in [0.25, 0.3) is 0 Å². The van der Waals surface area contributed by atoms with Crippen LogP contribution in [0.15, 0.2) is 30.9 Å². The van der Waals surface area contributed by atoms with Crippen molar-refractivity contribution in [3.05, 3.63) is 47.8 Å². The topological polar surface area (TPSA) is 172 Å². The van der Waals surface area contributed by atoms with Gasteiger partial charge < -0.3 is 20.1 Å². The maximum atomic E-state index is 14.2. The molecule has 0 radical (unpaired) electrons. The van der Waals surface area contributed by atoms with Gasteiger partial charge >= 0.3 is 12.1 Å². The molecule has 2 unspecified atom stereocenters. The number of fused-ring (bicyclic) bond motifs is 1. The Morgan fingerprint density at radius 1 is 1.21 bits per heavy atom. The third-order valence-corrected chi connectivity index (χ3v) is 10.1. The number of hydrogen-bond acceptors (Lipinski definition) is 9. The molecule has 234 valence electrons. The highest BCUT2D eigenvalue weighted by Crippen LogP contribution is 2.45. The van der Waals surface area contributed by atoms with E-state index in [1.54, 1.807) is 26.0 Å². The fourth-order valence-corrected chi connectivity index (χ4v) is 6.70. The van der Waals surface area contributed by atoms with Crippen molar-refractivity contribution >= 4 is 34.0 Å². The van der Waals surface area contributed by atoms with Crippen molar-refractivity contribution < 1.29 is 46.1 Å². The first-order valence-corrected chi connectivity index (χ1v) is 15.6. The quantitative estimate of drug-likeness (QED) is 0.242. The molecule has 3 fully saturated rings. The Balaban J connectivity index is 1.33. The molecule has 2 heterocycles. The van der Waals surface area contributed by atoms with E-state index >= 15 is 0 Å². The van der Waals surface area contributed by atoms with Crippen molar-refractivity contribution in [1.29, 1.82) is 0 Å². The molecule has 2 saturated carbocycles. The molecule has 3 N–H and O–H groups in total. The highest BCUT2D eigenvalue weighted by Gasteiger charge is 2.61. The van der Waals surface area contributed by atoms with E-state index < -0.39 is 80.6 Å². The van der Waals surface area contributed by atoms with Crippen LogP contribution in [0.4, 0.5) is 9.18 Å². The Morgan fingerprint density at radius 3 is 2.51 bits per heavy atom. The SMILES string of the molecule is C=C[C@@H]1CC1(NC(=O)[C@@H]1C[C@@H](OC(=O)N2Cc3cccc(F)c3C2)CN1C(=O)C(NOS(=O)(=O)C1CC1)C(C)C)C(=O)O. The van der Waals surface area contributed by atoms with Gasteiger partial charge in [0.25, 0.3) is 10.1 Å². The minimum Gasteiger partial charge on any atom is -0.479 e. The van der Waals surface area contributed by atoms with Crippen LogP contribution in [0.3, 0.4) is 0 Å². The molecule has 5 rings (SSSR count). The summed E-state index contributed by atoms with van der Waals surface area (Å²) in [5.74, 6) is -4.11. The van der Waals surface area contributed by atoms with Crippen molar-refractivity contribution in [3.8, 4) is 0 Å². The standard InChI is InChI=1S/C28H35FN4O9S/c1-4-17-11-28(17,26(36)37)30-24(34)22-10-18(41-27(38)32-12-16-6-5-7-21(29)20(16)14-32)13-33(22)25(35)23(15(2)3)31-42-43(39,40)19-8-9-19/h4-7,15,17-19,22-23,31H,1,8-14H2,2-3H3,(H,30,34)(H,36,37)/t17-,18-,22+,23?,28?/m1/s1. The maximum Gasteiger partial charge on any atom is 0.410 e. The number of carbonyl (C=O) groups excluding carboxylic acids is 3. The zero-order valence-electron chi connectivity index (χ0n) is 23.8. The van der Waals surface area contributed by atoms with E-state index in [9.17, 15) is 37.1 Å². The molecule has 1 aromatic rings. The lowest BCUT2D eigenvalue weighted by Gasteiger charge is -2.30. The van der Waals surface area contributed by atoms with Gasteiger partial charge in [0.05, 0.1) is 18.3 Å². The van der Waals surface area contributed by atoms with E-state index in [2.05, 4.69) is 17.4 Å². The molecular formula is C28H35FN4O9S. The van der Waals surface area contributed by atoms with Gasteiger partial charge in [0.1, 0.15) is 29.5 Å². The molecule has 13 nitrogen and oxygen atoms in total. The molecule has 4 aliphatic rings. The van der Waals surface area contributed by atoms with Gasteiger partial charge in [-0.05, 0) is 36.8 Å². The third-order valence-electron chi connectivity index (χ3n) is 8.48. The van der Waals surface area contributed by atoms with Crippen LogP contribution in [0.1, 0.15) is 50.7 Å². The largest absolute Gasteiger partial charge is 0.479 e. The Hall–Kier alpha value is -3.56. The van der Waals surface area contributed by atoms with Gasteiger partial charge in [-0.3, -0.25) is 14.5 Å². The van der Waals surface area contributed by atoms with Crippen molar-refractivity contribution in [2.24, 2.45) is 11.8 Å². The minimum absolute atomic E-state index is 0.00363. The van der Waals surface area contributed by atoms with Crippen molar-refractivity contribution in [3.63, 3.8) is 0 Å². The average molecular weight is 623 g/mol. The number of nitrogens with zero attached hydrogens (tertiary/aromatic N) is 2. The van der Waals surface area contributed by atoms with Gasteiger partial charge in [-0.1, -0.05) is 32.1 Å². The number of likely N-dealkylation sites (tertiary alicyclic amines) is 1. The second-order valence-corrected chi connectivity index (χ2v) is 13.7. The third kappa shape index (κ3) is 6.10. The summed E-state index contributed by atoms with van der Waals surface area (Å²) in [5.41, 5.74) is 1.82. The smallest absolute Gasteiger partial charge is 0.410 e. The molecule has 1 aromatic carbocycles. The molecule has 43 heavy (non-hydrogen) atoms. The van der Waals surface area contributed by atoms with Crippen LogP contribution < -0.4 is 10.8 Å². The number of benzene rings is 1. The van der Waals surface area contributed by atoms with E-state index in [1.807, 2.05) is 0 Å². The van der Waals surface area contributed by atoms with E-state index in [4.69, 9.17) is 9.02 Å². The Labute approximate surface area is 248 Å². The summed E-state index contributed by atoms with van der Waals surface area (Å²) >= 11 is 0. The monoisotopic (exact) mass is 622 g/mol. The number of rotatable bonds is 11. The molecule has 3 amide bonds. The first kappa shape index (κ1) is 30.9. The number of hydrogen-bond donors (Lipinski definition) is 3. The maximum absolute atomic E-state index is 14.2. The zero-order valence-corrected chi connectivity index (χ0v) is 24.6. The van der Waals surface area contributed by atoms with E-state index in [1.165, 1.54) is 17.0 Å². The Kier molecular flexibility index (Phi) is 8.26. The van der Waals surface area contributed by atoms with Gasteiger partial charge in [0, 0.05) is 24.4 Å². The molecule has 15 heteroatoms. The number of carboxylic acids is 1. The molecule has 5 atom stereocenters. The number of carboxylic acid groups (broad SMARTS) is 1. The van der Waals surface area contributed by atoms with Crippen LogP contribution in [-0.4, -0.2) is 82.7 Å². The highest BCUT2D eigenvalue weighted by atomic mass is 32.2. The lowest BCUT2D eigenvalue weighted by Crippen LogP contribution is -2.57. The predicted octanol–water partition coefficient (Wildman–Crippen LogP) is 1.43. The molecule has 0 aromatic heterocycles. The lowest BCUT2D eigenvalue weighted by molar-refractivity contribution is -0.146. The molecule has 0 spiro atoms. The predicted molar refractivity (Wildman–Crippen MR) is 148 cm³/mol. The summed E-state index contributed by atoms with van der Waals surface area (Å²) in [5, 5.41) is 11.7. The number of carbonyl (C=O) groups is 4. The fourth-order valence-electron chi connectivity index (χ4n) is 5.61. The Bertz CT molecular complexity index is 1450. The number of amides is 3. The number of hydroxylamine groups is 1. The van der Waals surface area contributed by atoms with Crippen molar-refractivity contribution in [2.75, 3.05) is 6.54 Å². The molecule has 2 aliphatic carbocycles. The first-order valence-electron chi connectivity index (χ1n) is 14.2. The molecule has 1 saturated heterocycles. The van der Waals surface area contributed by atoms with Gasteiger partial charge in [0.15, 0.2) is 0 Å². The summed E-state index contributed by atoms with van der Waals surface area (Å²) in [6.07, 6.45) is 0.617. The van der Waals surface area contributed by atoms with Crippen LogP contribution in [0.2, 0.25) is 0 Å². The lowest BCUT2D eigenvalue weighted by atomic mass is 10.0. The van der Waals surface area contributed by atoms with E-state index in [0.717, 1.165) is 4.90 Å². The van der Waals surface area contributed by atoms with E-state index in [-0.39, 0.29) is 32.5 Å². The number of nitrogens with one attached hydrogen (secondary N) is 2. The summed E-state index contributed by atoms with van der Waals surface area (Å²) < 4.78 is 49.5. The van der Waals surface area contributed by atoms with Crippen LogP contribution >= 0.6 is 0 Å². The second-order valence-electron chi connectivity index (χ2n) is 11.9. The normalized spacial score (nSPS) is 27.0. The summed E-state index contributed by atoms with van der Waals surface area (Å²) in [4.78, 5) is 54.8. The first-order chi connectivity index (χ1) is 20.3. The van der Waals surface area contributed by atoms with Crippen LogP contribution in [0.5, 0.6) is 0 Å². The van der Waals surface area contributed by atoms with Crippen LogP contribution in [-0.2, 0) is 46.6 Å². The van der Waals surface area contributed by atoms with Gasteiger partial charge in [-0.25, -0.2) is 14.0 Å². The average Bonchev–Trinajstić information content (AvgIpc) is 3.83. The van der Waals surface area contributed by atoms with E-state index in [0.29, 0.717) is 24.0 Å². The fraction of sp³-hybridized carbons (Fsp3) is 0.571. The summed E-state index contributed by atoms with van der Waals surface area (Å²) in [6, 6.07) is 2.14. The molecule has 0 bridgehead atoms. The van der Waals surface area contributed by atoms with Crippen molar-refractivity contribution in [2.45, 2.75) is 81.6 Å². The summed E-state index contributed by atoms with van der Waals surface area (Å²) in [6.45, 7) is 6.84. The number of aliphatic carboxylic acids is 1. The molecule has 2 aliphatic heterocycles. The van der Waals surface area contributed by atoms with Gasteiger partial charge in [-0.15, -0.1) is 6.58 Å². The number of ether oxygens (including phenoxy) is 1.